The molecule has 27 heavy (non-hydrogen) atoms. The lowest BCUT2D eigenvalue weighted by molar-refractivity contribution is -0.129. The van der Waals surface area contributed by atoms with Crippen molar-refractivity contribution < 1.29 is 4.79 Å². The number of nitrogens with zero attached hydrogens (tertiary/aromatic N) is 2. The monoisotopic (exact) mass is 548 g/mol. The van der Waals surface area contributed by atoms with Crippen LogP contribution in [-0.4, -0.2) is 49.5 Å². The standard InChI is InChI=1S/C20H29BrN4O.HI/c1-2-22-19(23-11-8-18(26)25-12-3-4-13-25)24-15-20(9-10-20)16-6-5-7-17(21)14-16;/h5-7,14H,2-4,8-13,15H2,1H3,(H2,22,23,24);1H. The van der Waals surface area contributed by atoms with Crippen LogP contribution in [0.25, 0.3) is 0 Å². The number of nitrogens with one attached hydrogen (secondary N) is 2. The minimum Gasteiger partial charge on any atom is -0.357 e. The Morgan fingerprint density at radius 3 is 2.63 bits per heavy atom. The second kappa shape index (κ2) is 10.6. The first kappa shape index (κ1) is 22.5. The average molecular weight is 549 g/mol. The van der Waals surface area contributed by atoms with Crippen molar-refractivity contribution in [2.75, 3.05) is 32.7 Å². The first-order valence-corrected chi connectivity index (χ1v) is 10.5. The fourth-order valence-electron chi connectivity index (χ4n) is 3.49. The van der Waals surface area contributed by atoms with E-state index in [2.05, 4.69) is 57.8 Å². The summed E-state index contributed by atoms with van der Waals surface area (Å²) in [6.45, 7) is 6.12. The van der Waals surface area contributed by atoms with E-state index < -0.39 is 0 Å². The van der Waals surface area contributed by atoms with Crippen molar-refractivity contribution in [3.63, 3.8) is 0 Å². The molecule has 3 rings (SSSR count). The van der Waals surface area contributed by atoms with Gasteiger partial charge in [-0.25, -0.2) is 0 Å². The van der Waals surface area contributed by atoms with Gasteiger partial charge in [-0.15, -0.1) is 24.0 Å². The predicted octanol–water partition coefficient (Wildman–Crippen LogP) is 3.67. The Bertz CT molecular complexity index is 657. The highest BCUT2D eigenvalue weighted by molar-refractivity contribution is 14.0. The molecule has 0 bridgehead atoms. The highest BCUT2D eigenvalue weighted by Gasteiger charge is 2.44. The fourth-order valence-corrected chi connectivity index (χ4v) is 3.89. The van der Waals surface area contributed by atoms with Crippen molar-refractivity contribution in [3.8, 4) is 0 Å². The van der Waals surface area contributed by atoms with Crippen LogP contribution >= 0.6 is 39.9 Å². The third-order valence-electron chi connectivity index (χ3n) is 5.26. The van der Waals surface area contributed by atoms with Crippen LogP contribution in [0.2, 0.25) is 0 Å². The molecule has 1 saturated carbocycles. The first-order valence-electron chi connectivity index (χ1n) is 9.69. The van der Waals surface area contributed by atoms with Gasteiger partial charge in [0, 0.05) is 42.5 Å². The predicted molar refractivity (Wildman–Crippen MR) is 125 cm³/mol. The zero-order valence-corrected chi connectivity index (χ0v) is 19.9. The second-order valence-corrected chi connectivity index (χ2v) is 8.17. The van der Waals surface area contributed by atoms with E-state index in [0.29, 0.717) is 13.0 Å². The Morgan fingerprint density at radius 2 is 2.00 bits per heavy atom. The summed E-state index contributed by atoms with van der Waals surface area (Å²) in [4.78, 5) is 18.9. The van der Waals surface area contributed by atoms with E-state index in [0.717, 1.165) is 49.5 Å². The van der Waals surface area contributed by atoms with Crippen LogP contribution in [0.15, 0.2) is 33.7 Å². The SMILES string of the molecule is CCNC(=NCC1(c2cccc(Br)c2)CC1)NCCC(=O)N1CCCC1.I. The van der Waals surface area contributed by atoms with E-state index >= 15 is 0 Å². The zero-order valence-electron chi connectivity index (χ0n) is 16.0. The van der Waals surface area contributed by atoms with E-state index in [1.165, 1.54) is 18.4 Å². The minimum atomic E-state index is 0. The number of rotatable bonds is 7. The summed E-state index contributed by atoms with van der Waals surface area (Å²) < 4.78 is 1.12. The maximum absolute atomic E-state index is 12.1. The highest BCUT2D eigenvalue weighted by atomic mass is 127. The van der Waals surface area contributed by atoms with E-state index in [-0.39, 0.29) is 35.3 Å². The lowest BCUT2D eigenvalue weighted by atomic mass is 9.96. The Kier molecular flexibility index (Phi) is 8.85. The number of carbonyl (C=O) groups is 1. The molecule has 1 aliphatic carbocycles. The van der Waals surface area contributed by atoms with E-state index in [4.69, 9.17) is 4.99 Å². The Hall–Kier alpha value is -0.830. The normalized spacial score (nSPS) is 18.0. The average Bonchev–Trinajstić information content (AvgIpc) is 3.22. The molecule has 1 aromatic carbocycles. The molecule has 0 radical (unpaired) electrons. The van der Waals surface area contributed by atoms with Crippen molar-refractivity contribution in [2.24, 2.45) is 4.99 Å². The Labute approximate surface area is 187 Å². The van der Waals surface area contributed by atoms with Gasteiger partial charge in [0.1, 0.15) is 0 Å². The molecular weight excluding hydrogens is 519 g/mol. The van der Waals surface area contributed by atoms with Gasteiger partial charge in [-0.2, -0.15) is 0 Å². The maximum Gasteiger partial charge on any atom is 0.224 e. The van der Waals surface area contributed by atoms with Gasteiger partial charge in [-0.3, -0.25) is 9.79 Å². The smallest absolute Gasteiger partial charge is 0.224 e. The molecule has 7 heteroatoms. The van der Waals surface area contributed by atoms with Crippen molar-refractivity contribution in [1.82, 2.24) is 15.5 Å². The summed E-state index contributed by atoms with van der Waals surface area (Å²) in [5.41, 5.74) is 1.54. The molecule has 1 aromatic rings. The van der Waals surface area contributed by atoms with Crippen LogP contribution in [-0.2, 0) is 10.2 Å². The van der Waals surface area contributed by atoms with Gasteiger partial charge in [0.2, 0.25) is 5.91 Å². The molecule has 5 nitrogen and oxygen atoms in total. The quantitative estimate of drug-likeness (QED) is 0.310. The molecule has 2 N–H and O–H groups in total. The third kappa shape index (κ3) is 6.34. The first-order chi connectivity index (χ1) is 12.6. The largest absolute Gasteiger partial charge is 0.357 e. The number of hydrogen-bond donors (Lipinski definition) is 2. The van der Waals surface area contributed by atoms with Crippen LogP contribution in [0.1, 0.15) is 44.6 Å². The molecule has 0 aromatic heterocycles. The van der Waals surface area contributed by atoms with Gasteiger partial charge in [0.15, 0.2) is 5.96 Å². The summed E-state index contributed by atoms with van der Waals surface area (Å²) in [6, 6.07) is 8.56. The molecule has 2 fully saturated rings. The number of aliphatic imine (C=N–C) groups is 1. The molecule has 150 valence electrons. The fraction of sp³-hybridized carbons (Fsp3) is 0.600. The Morgan fingerprint density at radius 1 is 1.26 bits per heavy atom. The van der Waals surface area contributed by atoms with Gasteiger partial charge < -0.3 is 15.5 Å². The molecule has 0 unspecified atom stereocenters. The summed E-state index contributed by atoms with van der Waals surface area (Å²) in [7, 11) is 0. The minimum absolute atomic E-state index is 0. The molecule has 0 spiro atoms. The van der Waals surface area contributed by atoms with Gasteiger partial charge >= 0.3 is 0 Å². The summed E-state index contributed by atoms with van der Waals surface area (Å²) in [6.07, 6.45) is 5.17. The third-order valence-corrected chi connectivity index (χ3v) is 5.76. The molecule has 1 aliphatic heterocycles. The number of hydrogen-bond acceptors (Lipinski definition) is 2. The number of benzene rings is 1. The highest BCUT2D eigenvalue weighted by Crippen LogP contribution is 2.48. The van der Waals surface area contributed by atoms with Gasteiger partial charge in [0.05, 0.1) is 6.54 Å². The maximum atomic E-state index is 12.1. The van der Waals surface area contributed by atoms with Gasteiger partial charge in [0.25, 0.3) is 0 Å². The van der Waals surface area contributed by atoms with E-state index in [1.807, 2.05) is 4.90 Å². The number of likely N-dealkylation sites (tertiary alicyclic amines) is 1. The van der Waals surface area contributed by atoms with Crippen molar-refractivity contribution in [1.29, 1.82) is 0 Å². The molecular formula is C20H30BrIN4O. The van der Waals surface area contributed by atoms with E-state index in [1.54, 1.807) is 0 Å². The second-order valence-electron chi connectivity index (χ2n) is 7.25. The van der Waals surface area contributed by atoms with Crippen LogP contribution in [0, 0.1) is 0 Å². The molecule has 1 amide bonds. The van der Waals surface area contributed by atoms with Crippen LogP contribution < -0.4 is 10.6 Å². The Balaban J connectivity index is 0.00000261. The van der Waals surface area contributed by atoms with Crippen LogP contribution in [0.5, 0.6) is 0 Å². The lowest BCUT2D eigenvalue weighted by Gasteiger charge is -2.18. The lowest BCUT2D eigenvalue weighted by Crippen LogP contribution is -2.40. The molecule has 1 saturated heterocycles. The summed E-state index contributed by atoms with van der Waals surface area (Å²) in [5, 5.41) is 6.61. The van der Waals surface area contributed by atoms with E-state index in [9.17, 15) is 4.79 Å². The summed E-state index contributed by atoms with van der Waals surface area (Å²) >= 11 is 3.57. The molecule has 1 heterocycles. The number of carbonyl (C=O) groups excluding carboxylic acids is 1. The van der Waals surface area contributed by atoms with Crippen LogP contribution in [0.3, 0.4) is 0 Å². The molecule has 2 aliphatic rings. The number of amides is 1. The van der Waals surface area contributed by atoms with Crippen molar-refractivity contribution >= 4 is 51.8 Å². The van der Waals surface area contributed by atoms with Crippen LogP contribution in [0.4, 0.5) is 0 Å². The molecule has 0 atom stereocenters. The number of halogens is 2. The van der Waals surface area contributed by atoms with Gasteiger partial charge in [-0.1, -0.05) is 28.1 Å². The zero-order chi connectivity index (χ0) is 18.4. The number of guanidine groups is 1. The topological polar surface area (TPSA) is 56.7 Å². The summed E-state index contributed by atoms with van der Waals surface area (Å²) in [5.74, 6) is 1.06. The van der Waals surface area contributed by atoms with Crippen molar-refractivity contribution in [3.05, 3.63) is 34.3 Å². The van der Waals surface area contributed by atoms with Crippen molar-refractivity contribution in [2.45, 2.75) is 44.4 Å². The van der Waals surface area contributed by atoms with Gasteiger partial charge in [-0.05, 0) is 50.3 Å².